The number of carbonyl (C=O) groups is 1. The molecule has 7 nitrogen and oxygen atoms in total. The molecule has 2 aromatic heterocycles. The molecule has 0 aliphatic carbocycles. The third kappa shape index (κ3) is 3.99. The van der Waals surface area contributed by atoms with E-state index in [1.165, 1.54) is 0 Å². The van der Waals surface area contributed by atoms with Crippen LogP contribution in [0.3, 0.4) is 0 Å². The number of carbonyl (C=O) groups excluding carboxylic acids is 1. The van der Waals surface area contributed by atoms with Crippen LogP contribution in [0.4, 0.5) is 5.82 Å². The van der Waals surface area contributed by atoms with Crippen molar-refractivity contribution in [2.24, 2.45) is 0 Å². The predicted molar refractivity (Wildman–Crippen MR) is 93.7 cm³/mol. The van der Waals surface area contributed by atoms with Crippen molar-refractivity contribution in [1.82, 2.24) is 15.0 Å². The maximum Gasteiger partial charge on any atom is 0.276 e. The van der Waals surface area contributed by atoms with Crippen molar-refractivity contribution in [3.8, 4) is 0 Å². The zero-order valence-electron chi connectivity index (χ0n) is 14.9. The van der Waals surface area contributed by atoms with Gasteiger partial charge in [-0.1, -0.05) is 18.1 Å². The molecule has 1 aliphatic rings. The van der Waals surface area contributed by atoms with Crippen molar-refractivity contribution >= 4 is 11.7 Å². The topological polar surface area (TPSA) is 71.7 Å². The summed E-state index contributed by atoms with van der Waals surface area (Å²) in [5.41, 5.74) is 1.19. The molecule has 25 heavy (non-hydrogen) atoms. The van der Waals surface area contributed by atoms with E-state index in [9.17, 15) is 4.79 Å². The second kappa shape index (κ2) is 7.65. The van der Waals surface area contributed by atoms with E-state index in [0.29, 0.717) is 25.4 Å². The van der Waals surface area contributed by atoms with Gasteiger partial charge in [-0.2, -0.15) is 0 Å². The third-order valence-corrected chi connectivity index (χ3v) is 4.17. The van der Waals surface area contributed by atoms with Crippen LogP contribution in [-0.4, -0.2) is 54.7 Å². The Bertz CT molecular complexity index is 729. The molecule has 0 spiro atoms. The Balaban J connectivity index is 1.72. The molecule has 134 valence electrons. The Labute approximate surface area is 147 Å². The second-order valence-electron chi connectivity index (χ2n) is 6.35. The van der Waals surface area contributed by atoms with Crippen LogP contribution in [0.5, 0.6) is 0 Å². The molecule has 0 radical (unpaired) electrons. The van der Waals surface area contributed by atoms with E-state index < -0.39 is 0 Å². The third-order valence-electron chi connectivity index (χ3n) is 4.17. The lowest BCUT2D eigenvalue weighted by atomic mass is 10.1. The first-order valence-electron chi connectivity index (χ1n) is 8.59. The van der Waals surface area contributed by atoms with Gasteiger partial charge in [-0.15, -0.1) is 0 Å². The van der Waals surface area contributed by atoms with Crippen molar-refractivity contribution < 1.29 is 14.1 Å². The van der Waals surface area contributed by atoms with Crippen LogP contribution in [0.25, 0.3) is 0 Å². The fourth-order valence-electron chi connectivity index (χ4n) is 2.82. The molecule has 0 aromatic carbocycles. The molecule has 0 saturated carbocycles. The van der Waals surface area contributed by atoms with E-state index in [1.807, 2.05) is 37.2 Å². The minimum absolute atomic E-state index is 0.122. The highest BCUT2D eigenvalue weighted by atomic mass is 16.5. The summed E-state index contributed by atoms with van der Waals surface area (Å²) in [6.07, 6.45) is 1.50. The Morgan fingerprint density at radius 2 is 2.24 bits per heavy atom. The maximum absolute atomic E-state index is 12.7. The fraction of sp³-hybridized carbons (Fsp3) is 0.500. The monoisotopic (exact) mass is 344 g/mol. The zero-order valence-corrected chi connectivity index (χ0v) is 14.9. The Kier molecular flexibility index (Phi) is 5.33. The Hall–Kier alpha value is -2.41. The number of morpholine rings is 1. The number of amides is 1. The molecule has 3 rings (SSSR count). The van der Waals surface area contributed by atoms with Crippen molar-refractivity contribution in [2.75, 3.05) is 38.7 Å². The van der Waals surface area contributed by atoms with Gasteiger partial charge in [0.25, 0.3) is 5.91 Å². The summed E-state index contributed by atoms with van der Waals surface area (Å²) < 4.78 is 11.1. The van der Waals surface area contributed by atoms with E-state index in [4.69, 9.17) is 9.26 Å². The first kappa shape index (κ1) is 17.4. The van der Waals surface area contributed by atoms with Crippen LogP contribution in [0.15, 0.2) is 28.8 Å². The summed E-state index contributed by atoms with van der Waals surface area (Å²) in [5.74, 6) is 1.49. The van der Waals surface area contributed by atoms with Crippen molar-refractivity contribution in [3.63, 3.8) is 0 Å². The normalized spacial score (nSPS) is 17.6. The molecule has 1 fully saturated rings. The summed E-state index contributed by atoms with van der Waals surface area (Å²) in [5, 5.41) is 3.92. The quantitative estimate of drug-likeness (QED) is 0.829. The molecule has 0 N–H and O–H groups in total. The van der Waals surface area contributed by atoms with Gasteiger partial charge in [-0.3, -0.25) is 4.79 Å². The summed E-state index contributed by atoms with van der Waals surface area (Å²) >= 11 is 0. The minimum Gasteiger partial charge on any atom is -0.368 e. The molecule has 3 heterocycles. The van der Waals surface area contributed by atoms with Crippen molar-refractivity contribution in [2.45, 2.75) is 25.9 Å². The standard InChI is InChI=1S/C18H24N4O3/c1-4-6-13-11-15(20-25-13)18(23)22-9-10-24-16(12-22)14-7-5-8-17(19-14)21(2)3/h5,7-8,11,16H,4,6,9-10,12H2,1-3H3. The van der Waals surface area contributed by atoms with Crippen LogP contribution >= 0.6 is 0 Å². The van der Waals surface area contributed by atoms with E-state index in [0.717, 1.165) is 30.1 Å². The summed E-state index contributed by atoms with van der Waals surface area (Å²) in [6, 6.07) is 7.57. The van der Waals surface area contributed by atoms with Crippen LogP contribution in [0.1, 0.15) is 41.4 Å². The van der Waals surface area contributed by atoms with Crippen molar-refractivity contribution in [1.29, 1.82) is 0 Å². The van der Waals surface area contributed by atoms with Gasteiger partial charge in [-0.05, 0) is 18.6 Å². The number of ether oxygens (including phenoxy) is 1. The van der Waals surface area contributed by atoms with E-state index >= 15 is 0 Å². The fourth-order valence-corrected chi connectivity index (χ4v) is 2.82. The van der Waals surface area contributed by atoms with Crippen LogP contribution in [0, 0.1) is 0 Å². The van der Waals surface area contributed by atoms with Gasteiger partial charge >= 0.3 is 0 Å². The molecule has 2 aromatic rings. The number of rotatable bonds is 5. The maximum atomic E-state index is 12.7. The van der Waals surface area contributed by atoms with Crippen LogP contribution in [0.2, 0.25) is 0 Å². The minimum atomic E-state index is -0.236. The Morgan fingerprint density at radius 1 is 1.40 bits per heavy atom. The van der Waals surface area contributed by atoms with Gasteiger partial charge in [0.15, 0.2) is 5.69 Å². The van der Waals surface area contributed by atoms with E-state index in [1.54, 1.807) is 11.0 Å². The van der Waals surface area contributed by atoms with Crippen molar-refractivity contribution in [3.05, 3.63) is 41.4 Å². The number of aryl methyl sites for hydroxylation is 1. The Morgan fingerprint density at radius 3 is 3.00 bits per heavy atom. The lowest BCUT2D eigenvalue weighted by molar-refractivity contribution is -0.0249. The molecule has 1 saturated heterocycles. The average molecular weight is 344 g/mol. The molecule has 1 amide bonds. The highest BCUT2D eigenvalue weighted by Gasteiger charge is 2.28. The first-order valence-corrected chi connectivity index (χ1v) is 8.59. The summed E-state index contributed by atoms with van der Waals surface area (Å²) in [7, 11) is 3.89. The zero-order chi connectivity index (χ0) is 17.8. The van der Waals surface area contributed by atoms with Gasteiger partial charge in [-0.25, -0.2) is 4.98 Å². The highest BCUT2D eigenvalue weighted by Crippen LogP contribution is 2.23. The van der Waals surface area contributed by atoms with Gasteiger partial charge in [0.1, 0.15) is 17.7 Å². The predicted octanol–water partition coefficient (Wildman–Crippen LogP) is 2.30. The number of hydrogen-bond acceptors (Lipinski definition) is 6. The van der Waals surface area contributed by atoms with Gasteiger partial charge in [0.2, 0.25) is 0 Å². The first-order chi connectivity index (χ1) is 12.1. The largest absolute Gasteiger partial charge is 0.368 e. The number of aromatic nitrogens is 2. The molecular weight excluding hydrogens is 320 g/mol. The highest BCUT2D eigenvalue weighted by molar-refractivity contribution is 5.92. The summed E-state index contributed by atoms with van der Waals surface area (Å²) in [4.78, 5) is 21.0. The number of anilines is 1. The molecular formula is C18H24N4O3. The SMILES string of the molecule is CCCc1cc(C(=O)N2CCOC(c3cccc(N(C)C)n3)C2)no1. The molecule has 1 atom stereocenters. The van der Waals surface area contributed by atoms with Crippen LogP contribution < -0.4 is 4.90 Å². The number of hydrogen-bond donors (Lipinski definition) is 0. The number of nitrogens with zero attached hydrogens (tertiary/aromatic N) is 4. The average Bonchev–Trinajstić information content (AvgIpc) is 3.10. The molecule has 1 aliphatic heterocycles. The lowest BCUT2D eigenvalue weighted by Gasteiger charge is -2.32. The molecule has 7 heteroatoms. The van der Waals surface area contributed by atoms with E-state index in [2.05, 4.69) is 17.1 Å². The number of pyridine rings is 1. The van der Waals surface area contributed by atoms with Gasteiger partial charge < -0.3 is 19.1 Å². The summed E-state index contributed by atoms with van der Waals surface area (Å²) in [6.45, 7) is 3.53. The second-order valence-corrected chi connectivity index (χ2v) is 6.35. The van der Waals surface area contributed by atoms with Gasteiger partial charge in [0, 0.05) is 33.1 Å². The lowest BCUT2D eigenvalue weighted by Crippen LogP contribution is -2.42. The van der Waals surface area contributed by atoms with Crippen LogP contribution in [-0.2, 0) is 11.2 Å². The molecule has 0 bridgehead atoms. The smallest absolute Gasteiger partial charge is 0.276 e. The van der Waals surface area contributed by atoms with E-state index in [-0.39, 0.29) is 12.0 Å². The van der Waals surface area contributed by atoms with Gasteiger partial charge in [0.05, 0.1) is 18.8 Å². The molecule has 1 unspecified atom stereocenters.